The summed E-state index contributed by atoms with van der Waals surface area (Å²) in [6.45, 7) is 6.32. The van der Waals surface area contributed by atoms with Crippen LogP contribution in [0.3, 0.4) is 0 Å². The molecule has 3 rings (SSSR count). The Kier molecular flexibility index (Phi) is 5.40. The first-order valence-corrected chi connectivity index (χ1v) is 8.90. The molecule has 0 saturated heterocycles. The summed E-state index contributed by atoms with van der Waals surface area (Å²) in [4.78, 5) is 7.56. The van der Waals surface area contributed by atoms with Crippen molar-refractivity contribution in [1.29, 1.82) is 0 Å². The van der Waals surface area contributed by atoms with Crippen molar-refractivity contribution in [3.05, 3.63) is 41.9 Å². The van der Waals surface area contributed by atoms with Gasteiger partial charge in [-0.25, -0.2) is 22.5 Å². The van der Waals surface area contributed by atoms with E-state index < -0.39 is 24.2 Å². The number of halogens is 4. The summed E-state index contributed by atoms with van der Waals surface area (Å²) in [5, 5.41) is 0. The lowest BCUT2D eigenvalue weighted by atomic mass is 9.96. The molecule has 2 aromatic heterocycles. The molecule has 1 aliphatic carbocycles. The maximum Gasteiger partial charge on any atom is 0.284 e. The highest BCUT2D eigenvalue weighted by molar-refractivity contribution is 5.60. The molecule has 1 saturated carbocycles. The van der Waals surface area contributed by atoms with Gasteiger partial charge in [0, 0.05) is 17.2 Å². The maximum atomic E-state index is 13.5. The zero-order valence-corrected chi connectivity index (χ0v) is 15.4. The topological polar surface area (TPSA) is 35.0 Å². The van der Waals surface area contributed by atoms with Crippen LogP contribution in [0.1, 0.15) is 57.9 Å². The molecule has 1 aliphatic rings. The summed E-state index contributed by atoms with van der Waals surface area (Å²) in [6.07, 6.45) is -2.69. The number of hydrogen-bond donors (Lipinski definition) is 0. The van der Waals surface area contributed by atoms with Crippen molar-refractivity contribution in [3.63, 3.8) is 0 Å². The lowest BCUT2D eigenvalue weighted by Gasteiger charge is -2.16. The number of hydrogen-bond acceptors (Lipinski definition) is 3. The van der Waals surface area contributed by atoms with E-state index in [-0.39, 0.29) is 23.0 Å². The normalized spacial score (nSPS) is 21.9. The fourth-order valence-electron chi connectivity index (χ4n) is 3.46. The molecular formula is C20H22F4N2O. The van der Waals surface area contributed by atoms with Gasteiger partial charge in [0.05, 0.1) is 5.69 Å². The highest BCUT2D eigenvalue weighted by Gasteiger charge is 2.52. The van der Waals surface area contributed by atoms with Crippen LogP contribution in [0, 0.1) is 11.3 Å². The second-order valence-electron chi connectivity index (χ2n) is 7.71. The average Bonchev–Trinajstić information content (AvgIpc) is 3.22. The molecule has 146 valence electrons. The maximum absolute atomic E-state index is 13.5. The van der Waals surface area contributed by atoms with E-state index in [9.17, 15) is 17.6 Å². The zero-order valence-electron chi connectivity index (χ0n) is 15.4. The number of rotatable bonds is 7. The Morgan fingerprint density at radius 2 is 1.89 bits per heavy atom. The molecule has 3 nitrogen and oxygen atoms in total. The van der Waals surface area contributed by atoms with Crippen LogP contribution in [0.5, 0.6) is 5.75 Å². The first-order chi connectivity index (χ1) is 12.7. The minimum Gasteiger partial charge on any atom is -0.488 e. The van der Waals surface area contributed by atoms with Crippen LogP contribution >= 0.6 is 0 Å². The number of ether oxygens (including phenoxy) is 1. The van der Waals surface area contributed by atoms with Gasteiger partial charge in [0.1, 0.15) is 23.2 Å². The Morgan fingerprint density at radius 1 is 1.15 bits per heavy atom. The van der Waals surface area contributed by atoms with E-state index in [1.165, 1.54) is 24.4 Å². The highest BCUT2D eigenvalue weighted by atomic mass is 19.3. The Balaban J connectivity index is 1.85. The minimum absolute atomic E-state index is 0.0104. The van der Waals surface area contributed by atoms with Crippen molar-refractivity contribution in [3.8, 4) is 17.0 Å². The van der Waals surface area contributed by atoms with E-state index in [0.29, 0.717) is 11.5 Å². The van der Waals surface area contributed by atoms with E-state index >= 15 is 0 Å². The molecule has 27 heavy (non-hydrogen) atoms. The summed E-state index contributed by atoms with van der Waals surface area (Å²) < 4.78 is 58.5. The first kappa shape index (κ1) is 19.6. The van der Waals surface area contributed by atoms with E-state index in [1.807, 2.05) is 0 Å². The predicted molar refractivity (Wildman–Crippen MR) is 94.0 cm³/mol. The summed E-state index contributed by atoms with van der Waals surface area (Å²) in [5.74, 6) is 0.545. The summed E-state index contributed by atoms with van der Waals surface area (Å²) >= 11 is 0. The molecule has 2 atom stereocenters. The minimum atomic E-state index is -2.83. The summed E-state index contributed by atoms with van der Waals surface area (Å²) in [5.41, 5.74) is -0.409. The molecule has 2 aromatic rings. The lowest BCUT2D eigenvalue weighted by molar-refractivity contribution is 0.136. The molecule has 2 unspecified atom stereocenters. The predicted octanol–water partition coefficient (Wildman–Crippen LogP) is 6.22. The highest BCUT2D eigenvalue weighted by Crippen LogP contribution is 2.53. The van der Waals surface area contributed by atoms with Gasteiger partial charge in [0.25, 0.3) is 12.9 Å². The van der Waals surface area contributed by atoms with E-state index in [0.717, 1.165) is 18.9 Å². The molecule has 0 aromatic carbocycles. The molecule has 0 N–H and O–H groups in total. The molecule has 1 fully saturated rings. The van der Waals surface area contributed by atoms with E-state index in [2.05, 4.69) is 30.7 Å². The van der Waals surface area contributed by atoms with Gasteiger partial charge in [-0.3, -0.25) is 4.98 Å². The lowest BCUT2D eigenvalue weighted by Crippen LogP contribution is -2.12. The SMILES string of the molecule is CC(C)CC1(C)CC1Oc1ccc(-c2ccnc(C(F)F)c2)nc1C(F)F. The van der Waals surface area contributed by atoms with Crippen LogP contribution < -0.4 is 4.74 Å². The zero-order chi connectivity index (χ0) is 19.8. The third-order valence-electron chi connectivity index (χ3n) is 4.81. The number of alkyl halides is 4. The van der Waals surface area contributed by atoms with Crippen LogP contribution in [0.25, 0.3) is 11.3 Å². The second kappa shape index (κ2) is 7.44. The van der Waals surface area contributed by atoms with Crippen LogP contribution in [-0.2, 0) is 0 Å². The molecule has 0 bridgehead atoms. The Hall–Kier alpha value is -2.18. The van der Waals surface area contributed by atoms with Gasteiger partial charge in [-0.1, -0.05) is 20.8 Å². The molecular weight excluding hydrogens is 360 g/mol. The molecule has 0 amide bonds. The van der Waals surface area contributed by atoms with Gasteiger partial charge < -0.3 is 4.74 Å². The number of nitrogens with zero attached hydrogens (tertiary/aromatic N) is 2. The number of pyridine rings is 2. The fraction of sp³-hybridized carbons (Fsp3) is 0.500. The van der Waals surface area contributed by atoms with Crippen molar-refractivity contribution >= 4 is 0 Å². The van der Waals surface area contributed by atoms with Gasteiger partial charge in [-0.05, 0) is 43.0 Å². The monoisotopic (exact) mass is 382 g/mol. The molecule has 0 aliphatic heterocycles. The third-order valence-corrected chi connectivity index (χ3v) is 4.81. The van der Waals surface area contributed by atoms with Crippen molar-refractivity contribution in [2.24, 2.45) is 11.3 Å². The quantitative estimate of drug-likeness (QED) is 0.533. The van der Waals surface area contributed by atoms with Crippen LogP contribution in [-0.4, -0.2) is 16.1 Å². The van der Waals surface area contributed by atoms with Crippen LogP contribution in [0.15, 0.2) is 30.5 Å². The fourth-order valence-corrected chi connectivity index (χ4v) is 3.46. The van der Waals surface area contributed by atoms with E-state index in [4.69, 9.17) is 4.74 Å². The van der Waals surface area contributed by atoms with Crippen LogP contribution in [0.4, 0.5) is 17.6 Å². The summed E-state index contributed by atoms with van der Waals surface area (Å²) in [7, 11) is 0. The second-order valence-corrected chi connectivity index (χ2v) is 7.71. The van der Waals surface area contributed by atoms with E-state index in [1.54, 1.807) is 0 Å². The Bertz CT molecular complexity index is 812. The van der Waals surface area contributed by atoms with Gasteiger partial charge in [-0.15, -0.1) is 0 Å². The Labute approximate surface area is 155 Å². The van der Waals surface area contributed by atoms with Gasteiger partial charge in [0.2, 0.25) is 0 Å². The van der Waals surface area contributed by atoms with Crippen molar-refractivity contribution in [1.82, 2.24) is 9.97 Å². The average molecular weight is 382 g/mol. The van der Waals surface area contributed by atoms with Gasteiger partial charge >= 0.3 is 0 Å². The smallest absolute Gasteiger partial charge is 0.284 e. The van der Waals surface area contributed by atoms with Crippen molar-refractivity contribution < 1.29 is 22.3 Å². The number of aromatic nitrogens is 2. The third kappa shape index (κ3) is 4.39. The van der Waals surface area contributed by atoms with Crippen molar-refractivity contribution in [2.45, 2.75) is 52.6 Å². The van der Waals surface area contributed by atoms with Gasteiger partial charge in [-0.2, -0.15) is 0 Å². The molecule has 0 radical (unpaired) electrons. The first-order valence-electron chi connectivity index (χ1n) is 8.90. The molecule has 7 heteroatoms. The van der Waals surface area contributed by atoms with Crippen LogP contribution in [0.2, 0.25) is 0 Å². The largest absolute Gasteiger partial charge is 0.488 e. The summed E-state index contributed by atoms with van der Waals surface area (Å²) in [6, 6.07) is 5.57. The van der Waals surface area contributed by atoms with Crippen molar-refractivity contribution in [2.75, 3.05) is 0 Å². The van der Waals surface area contributed by atoms with Gasteiger partial charge in [0.15, 0.2) is 0 Å². The Morgan fingerprint density at radius 3 is 2.52 bits per heavy atom. The standard InChI is InChI=1S/C20H22F4N2O/c1-11(2)9-20(3)10-16(20)27-15-5-4-13(26-17(15)19(23)24)12-6-7-25-14(8-12)18(21)22/h4-8,11,16,18-19H,9-10H2,1-3H3. The molecule has 0 spiro atoms. The molecule has 2 heterocycles.